The lowest BCUT2D eigenvalue weighted by Gasteiger charge is -2.08. The summed E-state index contributed by atoms with van der Waals surface area (Å²) in [4.78, 5) is 30.4. The van der Waals surface area contributed by atoms with Crippen molar-refractivity contribution in [3.05, 3.63) is 52.9 Å². The van der Waals surface area contributed by atoms with Crippen LogP contribution in [0.1, 0.15) is 50.7 Å². The zero-order valence-electron chi connectivity index (χ0n) is 17.5. The first-order valence-corrected chi connectivity index (χ1v) is 11.3. The van der Waals surface area contributed by atoms with Gasteiger partial charge in [-0.3, -0.25) is 9.59 Å². The van der Waals surface area contributed by atoms with Gasteiger partial charge in [0.2, 0.25) is 11.8 Å². The van der Waals surface area contributed by atoms with Gasteiger partial charge in [-0.15, -0.1) is 11.8 Å². The second-order valence-electron chi connectivity index (χ2n) is 7.52. The van der Waals surface area contributed by atoms with Crippen LogP contribution in [-0.4, -0.2) is 30.3 Å². The van der Waals surface area contributed by atoms with Gasteiger partial charge < -0.3 is 20.8 Å². The molecule has 2 heterocycles. The van der Waals surface area contributed by atoms with Gasteiger partial charge in [0.1, 0.15) is 5.76 Å². The van der Waals surface area contributed by atoms with Crippen molar-refractivity contribution in [1.82, 2.24) is 21.4 Å². The van der Waals surface area contributed by atoms with E-state index in [0.717, 1.165) is 24.3 Å². The molecule has 0 saturated heterocycles. The van der Waals surface area contributed by atoms with Crippen LogP contribution in [0.5, 0.6) is 0 Å². The molecular formula is C22H30N4O3S. The molecule has 2 aliphatic heterocycles. The van der Waals surface area contributed by atoms with E-state index in [2.05, 4.69) is 52.6 Å². The third-order valence-electron chi connectivity index (χ3n) is 4.90. The summed E-state index contributed by atoms with van der Waals surface area (Å²) in [6.07, 6.45) is 4.09. The van der Waals surface area contributed by atoms with Gasteiger partial charge in [0.25, 0.3) is 0 Å². The molecule has 0 saturated carbocycles. The molecule has 0 aliphatic carbocycles. The first kappa shape index (κ1) is 22.2. The Hall–Kier alpha value is -2.45. The molecule has 7 nitrogen and oxygen atoms in total. The Bertz CT molecular complexity index is 820. The first-order valence-electron chi connectivity index (χ1n) is 10.3. The van der Waals surface area contributed by atoms with Gasteiger partial charge in [0.15, 0.2) is 0 Å². The summed E-state index contributed by atoms with van der Waals surface area (Å²) >= 11 is 1.81. The summed E-state index contributed by atoms with van der Waals surface area (Å²) in [5.41, 5.74) is 6.29. The molecule has 162 valence electrons. The Morgan fingerprint density at radius 3 is 2.63 bits per heavy atom. The van der Waals surface area contributed by atoms with E-state index < -0.39 is 0 Å². The molecule has 0 radical (unpaired) electrons. The monoisotopic (exact) mass is 430 g/mol. The van der Waals surface area contributed by atoms with Gasteiger partial charge in [-0.2, -0.15) is 5.48 Å². The highest BCUT2D eigenvalue weighted by molar-refractivity contribution is 8.08. The number of thioether (sulfide) groups is 1. The van der Waals surface area contributed by atoms with Crippen LogP contribution in [0.25, 0.3) is 4.91 Å². The van der Waals surface area contributed by atoms with E-state index in [9.17, 15) is 9.59 Å². The summed E-state index contributed by atoms with van der Waals surface area (Å²) in [5, 5.41) is 9.15. The maximum absolute atomic E-state index is 12.0. The van der Waals surface area contributed by atoms with Crippen molar-refractivity contribution in [3.63, 3.8) is 0 Å². The quantitative estimate of drug-likeness (QED) is 0.427. The normalized spacial score (nSPS) is 17.9. The number of hydroxylamine groups is 1. The summed E-state index contributed by atoms with van der Waals surface area (Å²) in [6, 6.07) is 8.46. The second-order valence-corrected chi connectivity index (χ2v) is 8.50. The van der Waals surface area contributed by atoms with E-state index in [1.165, 1.54) is 16.2 Å². The molecule has 1 unspecified atom stereocenters. The van der Waals surface area contributed by atoms with E-state index >= 15 is 0 Å². The predicted molar refractivity (Wildman–Crippen MR) is 120 cm³/mol. The molecule has 2 aliphatic rings. The third-order valence-corrected chi connectivity index (χ3v) is 6.02. The molecule has 1 aromatic rings. The van der Waals surface area contributed by atoms with Crippen LogP contribution in [0.2, 0.25) is 0 Å². The van der Waals surface area contributed by atoms with Crippen molar-refractivity contribution in [2.45, 2.75) is 52.1 Å². The Balaban J connectivity index is 1.27. The first-order chi connectivity index (χ1) is 14.5. The number of hydrogen-bond acceptors (Lipinski definition) is 6. The molecule has 1 atom stereocenters. The van der Waals surface area contributed by atoms with Crippen LogP contribution in [0.3, 0.4) is 0 Å². The van der Waals surface area contributed by atoms with Gasteiger partial charge in [0, 0.05) is 30.1 Å². The smallest absolute Gasteiger partial charge is 0.227 e. The van der Waals surface area contributed by atoms with E-state index in [1.54, 1.807) is 0 Å². The highest BCUT2D eigenvalue weighted by Gasteiger charge is 2.15. The van der Waals surface area contributed by atoms with Gasteiger partial charge in [-0.05, 0) is 43.9 Å². The Kier molecular flexibility index (Phi) is 8.21. The number of carbonyl (C=O) groups excluding carboxylic acids is 2. The number of rotatable bonds is 10. The topological polar surface area (TPSA) is 91.5 Å². The average molecular weight is 431 g/mol. The van der Waals surface area contributed by atoms with E-state index in [1.807, 2.05) is 24.8 Å². The minimum atomic E-state index is -0.0669. The van der Waals surface area contributed by atoms with Crippen LogP contribution in [-0.2, 0) is 21.0 Å². The lowest BCUT2D eigenvalue weighted by molar-refractivity contribution is -0.121. The fourth-order valence-corrected chi connectivity index (χ4v) is 4.26. The summed E-state index contributed by atoms with van der Waals surface area (Å²) in [5.74, 6) is 1.54. The minimum Gasteiger partial charge on any atom is -0.412 e. The van der Waals surface area contributed by atoms with Crippen molar-refractivity contribution in [2.24, 2.45) is 0 Å². The van der Waals surface area contributed by atoms with E-state index in [0.29, 0.717) is 25.3 Å². The van der Waals surface area contributed by atoms with Crippen LogP contribution in [0, 0.1) is 0 Å². The third kappa shape index (κ3) is 6.81. The van der Waals surface area contributed by atoms with Crippen molar-refractivity contribution >= 4 is 28.5 Å². The maximum atomic E-state index is 12.0. The molecular weight excluding hydrogens is 400 g/mol. The lowest BCUT2D eigenvalue weighted by Crippen LogP contribution is -2.26. The molecule has 0 fully saturated rings. The highest BCUT2D eigenvalue weighted by atomic mass is 32.2. The van der Waals surface area contributed by atoms with Gasteiger partial charge in [-0.1, -0.05) is 24.3 Å². The molecule has 0 spiro atoms. The molecule has 3 rings (SSSR count). The molecule has 2 amide bonds. The second kappa shape index (κ2) is 11.1. The summed E-state index contributed by atoms with van der Waals surface area (Å²) in [6.45, 7) is 5.14. The van der Waals surface area contributed by atoms with E-state index in [-0.39, 0.29) is 24.3 Å². The summed E-state index contributed by atoms with van der Waals surface area (Å²) < 4.78 is 0. The highest BCUT2D eigenvalue weighted by Crippen LogP contribution is 2.33. The lowest BCUT2D eigenvalue weighted by atomic mass is 10.1. The van der Waals surface area contributed by atoms with Crippen molar-refractivity contribution in [1.29, 1.82) is 0 Å². The number of hydrogen-bond donors (Lipinski definition) is 4. The Morgan fingerprint density at radius 2 is 1.97 bits per heavy atom. The van der Waals surface area contributed by atoms with Crippen molar-refractivity contribution in [3.8, 4) is 0 Å². The van der Waals surface area contributed by atoms with Gasteiger partial charge in [0.05, 0.1) is 18.3 Å². The minimum absolute atomic E-state index is 0.0316. The Labute approximate surface area is 182 Å². The molecule has 1 aromatic carbocycles. The summed E-state index contributed by atoms with van der Waals surface area (Å²) in [7, 11) is 0. The van der Waals surface area contributed by atoms with E-state index in [4.69, 9.17) is 4.84 Å². The zero-order chi connectivity index (χ0) is 21.3. The fourth-order valence-electron chi connectivity index (χ4n) is 3.24. The standard InChI is InChI=1S/C22H30N4O3S/c1-15-11-19(29-26-15)12-21(28)23-10-4-3-5-20(27)24-13-17-6-8-18(9-7-17)22-16(2)25-14-30-22/h6-9,11,15,25-26H,3-5,10,12-14H2,1-2H3,(H,23,28)(H,24,27). The van der Waals surface area contributed by atoms with Crippen LogP contribution in [0.4, 0.5) is 0 Å². The number of unbranched alkanes of at least 4 members (excludes halogenated alkanes) is 1. The zero-order valence-corrected chi connectivity index (χ0v) is 18.4. The van der Waals surface area contributed by atoms with Crippen molar-refractivity contribution < 1.29 is 14.4 Å². The Morgan fingerprint density at radius 1 is 1.17 bits per heavy atom. The average Bonchev–Trinajstić information content (AvgIpc) is 3.34. The van der Waals surface area contributed by atoms with Gasteiger partial charge >= 0.3 is 0 Å². The maximum Gasteiger partial charge on any atom is 0.227 e. The molecule has 4 N–H and O–H groups in total. The van der Waals surface area contributed by atoms with Gasteiger partial charge in [-0.25, -0.2) is 0 Å². The number of carbonyl (C=O) groups is 2. The van der Waals surface area contributed by atoms with Crippen LogP contribution in [0.15, 0.2) is 41.8 Å². The largest absolute Gasteiger partial charge is 0.412 e. The number of benzene rings is 1. The van der Waals surface area contributed by atoms with Crippen LogP contribution >= 0.6 is 11.8 Å². The molecule has 0 aromatic heterocycles. The number of nitrogens with one attached hydrogen (secondary N) is 4. The molecule has 8 heteroatoms. The van der Waals surface area contributed by atoms with Crippen LogP contribution < -0.4 is 21.4 Å². The fraction of sp³-hybridized carbons (Fsp3) is 0.455. The number of amides is 2. The molecule has 0 bridgehead atoms. The van der Waals surface area contributed by atoms with Crippen molar-refractivity contribution in [2.75, 3.05) is 12.4 Å². The molecule has 30 heavy (non-hydrogen) atoms. The number of allylic oxidation sites excluding steroid dienone is 1. The SMILES string of the molecule is CC1=C(c2ccc(CNC(=O)CCCCNC(=O)CC3=CC(C)NO3)cc2)SCN1. The predicted octanol–water partition coefficient (Wildman–Crippen LogP) is 2.77.